The highest BCUT2D eigenvalue weighted by Gasteiger charge is 2.40. The van der Waals surface area contributed by atoms with Crippen molar-refractivity contribution < 1.29 is 72.5 Å². The third-order valence-corrected chi connectivity index (χ3v) is 19.5. The number of guanidine groups is 2. The maximum atomic E-state index is 14.8. The van der Waals surface area contributed by atoms with Gasteiger partial charge in [-0.2, -0.15) is 0 Å². The van der Waals surface area contributed by atoms with E-state index in [1.165, 1.54) is 33.0 Å². The summed E-state index contributed by atoms with van der Waals surface area (Å²) < 4.78 is 0. The number of nitrogens with one attached hydrogen (secondary N) is 17. The number of carbonyl (C=O) groups is 13. The summed E-state index contributed by atoms with van der Waals surface area (Å²) in [6.07, 6.45) is 2.78. The molecule has 0 radical (unpaired) electrons. The lowest BCUT2D eigenvalue weighted by Gasteiger charge is -2.32. The number of aromatic nitrogens is 1. The van der Waals surface area contributed by atoms with Crippen molar-refractivity contribution in [3.8, 4) is 0 Å². The number of hydrogen-bond donors (Lipinski definition) is 23. The van der Waals surface area contributed by atoms with Crippen molar-refractivity contribution in [2.24, 2.45) is 46.6 Å². The highest BCUT2D eigenvalue weighted by Crippen LogP contribution is 2.24. The lowest BCUT2D eigenvalue weighted by molar-refractivity contribution is -0.138. The number of aliphatic hydroxyl groups excluding tert-OH is 2. The Hall–Kier alpha value is -8.66. The molecule has 37 nitrogen and oxygen atoms in total. The van der Waals surface area contributed by atoms with Crippen LogP contribution < -0.4 is 103 Å². The standard InChI is InChI=1S/C70H124N22O15S2/c1-38(2)30-49-61(101)81-43(34-93)36-108-109-37-54(90-64(104)53(35-94)89-55(95)42(9)80-56(96)44-20-14-17-27-77-44)65(105)87-50(31-39(3)4)62(102)84-46(23-18-28-78-68(73)74)57(97)82-45(21-12-15-25-71)58(98)88-52(33-41(7)8)66(106)92-70(10,11)67(107)91-48(22-13-16-26-72)60(100)83-47(24-19-29-79-69(75)76)59(99)85-51(32-40(5)6)63(103)86-49/h14,17,20,27,38-43,45-54,93-94H,12-13,15-16,18-19,21-26,28-37,71-72H2,1-11H3,(H,80,96)(H,81,101)(H,82,97)(H,83,100)(H,84,102)(H,85,99)(H,86,103)(H,87,105)(H,88,98)(H,89,95)(H,90,104)(H,91,107)(H,92,106)(H4,73,74,78)(H4,75,76,79). The van der Waals surface area contributed by atoms with Gasteiger partial charge in [-0.25, -0.2) is 0 Å². The van der Waals surface area contributed by atoms with Crippen LogP contribution in [-0.2, 0) is 57.5 Å². The number of pyridine rings is 1. The average Bonchev–Trinajstić information content (AvgIpc) is 0.839. The quantitative estimate of drug-likeness (QED) is 0.0146. The van der Waals surface area contributed by atoms with Crippen molar-refractivity contribution in [3.63, 3.8) is 0 Å². The topological polar surface area (TPSA) is 607 Å². The van der Waals surface area contributed by atoms with E-state index in [1.807, 2.05) is 0 Å². The molecule has 1 saturated heterocycles. The van der Waals surface area contributed by atoms with E-state index in [-0.39, 0.29) is 144 Å². The molecule has 1 aliphatic rings. The van der Waals surface area contributed by atoms with E-state index in [0.717, 1.165) is 21.6 Å². The van der Waals surface area contributed by atoms with Gasteiger partial charge in [-0.05, 0) is 160 Å². The van der Waals surface area contributed by atoms with Crippen LogP contribution in [0.1, 0.15) is 177 Å². The lowest BCUT2D eigenvalue weighted by Crippen LogP contribution is -2.63. The van der Waals surface area contributed by atoms with Gasteiger partial charge in [-0.15, -0.1) is 0 Å². The number of rotatable bonds is 32. The number of nitrogens with two attached hydrogens (primary N) is 4. The predicted molar refractivity (Wildman–Crippen MR) is 416 cm³/mol. The van der Waals surface area contributed by atoms with E-state index < -0.39 is 174 Å². The Kier molecular flexibility index (Phi) is 45.1. The Morgan fingerprint density at radius 2 is 0.899 bits per heavy atom. The van der Waals surface area contributed by atoms with Crippen molar-refractivity contribution in [3.05, 3.63) is 30.1 Å². The van der Waals surface area contributed by atoms with Crippen molar-refractivity contribution in [2.45, 2.75) is 244 Å². The van der Waals surface area contributed by atoms with Crippen LogP contribution in [0.5, 0.6) is 0 Å². The van der Waals surface area contributed by atoms with Gasteiger partial charge in [0.05, 0.1) is 19.3 Å². The molecule has 0 saturated carbocycles. The summed E-state index contributed by atoms with van der Waals surface area (Å²) in [5.41, 5.74) is 21.0. The van der Waals surface area contributed by atoms with E-state index in [2.05, 4.69) is 84.7 Å². The van der Waals surface area contributed by atoms with Crippen LogP contribution in [0.2, 0.25) is 0 Å². The SMILES string of the molecule is CC(C)CC1NC(=O)C(CC(C)C)NC(=O)C(CCCNC(=N)N)NC(=O)C(CCCCN)NC(=O)C(C)(C)NC(=O)C(CC(C)C)NC(=O)C(CCCCN)NC(=O)C(CCCNC(=N)N)NC(=O)C(CC(C)C)NC(=O)C(NC(=O)C(CO)NC(=O)C(C)NC(=O)c2ccccn2)CSSCC(CO)NC1=O. The smallest absolute Gasteiger partial charge is 0.270 e. The van der Waals surface area contributed by atoms with Gasteiger partial charge < -0.3 is 113 Å². The van der Waals surface area contributed by atoms with E-state index in [4.69, 9.17) is 33.8 Å². The summed E-state index contributed by atoms with van der Waals surface area (Å²) in [5, 5.41) is 76.7. The number of amides is 13. The summed E-state index contributed by atoms with van der Waals surface area (Å²) >= 11 is 0. The van der Waals surface area contributed by atoms with Gasteiger partial charge in [0.2, 0.25) is 70.9 Å². The van der Waals surface area contributed by atoms with Gasteiger partial charge in [-0.1, -0.05) is 83.0 Å². The number of nitrogens with zero attached hydrogens (tertiary/aromatic N) is 1. The highest BCUT2D eigenvalue weighted by atomic mass is 33.1. The molecule has 27 N–H and O–H groups in total. The zero-order valence-corrected chi connectivity index (χ0v) is 66.5. The van der Waals surface area contributed by atoms with E-state index >= 15 is 0 Å². The highest BCUT2D eigenvalue weighted by molar-refractivity contribution is 8.76. The summed E-state index contributed by atoms with van der Waals surface area (Å²) in [5.74, 6) is -13.4. The summed E-state index contributed by atoms with van der Waals surface area (Å²) in [6.45, 7) is 17.2. The van der Waals surface area contributed by atoms with Gasteiger partial charge in [-0.3, -0.25) is 78.1 Å². The van der Waals surface area contributed by atoms with E-state index in [0.29, 0.717) is 19.3 Å². The second kappa shape index (κ2) is 50.9. The Morgan fingerprint density at radius 3 is 1.29 bits per heavy atom. The van der Waals surface area contributed by atoms with Crippen LogP contribution in [0, 0.1) is 34.5 Å². The normalized spacial score (nSPS) is 23.1. The van der Waals surface area contributed by atoms with E-state index in [9.17, 15) is 72.5 Å². The second-order valence-electron chi connectivity index (χ2n) is 29.3. The third kappa shape index (κ3) is 38.0. The Balaban J connectivity index is 2.97. The molecule has 1 aromatic rings. The lowest BCUT2D eigenvalue weighted by atomic mass is 9.98. The minimum absolute atomic E-state index is 0.000402. The zero-order chi connectivity index (χ0) is 82.1. The fourth-order valence-electron chi connectivity index (χ4n) is 11.1. The fraction of sp³-hybridized carbons (Fsp3) is 0.714. The molecular weight excluding hydrogens is 1450 g/mol. The van der Waals surface area contributed by atoms with Gasteiger partial charge in [0.1, 0.15) is 77.7 Å². The number of hydrogen-bond acceptors (Lipinski definition) is 22. The Bertz CT molecular complexity index is 3140. The molecule has 1 aliphatic heterocycles. The van der Waals surface area contributed by atoms with Crippen LogP contribution in [0.15, 0.2) is 24.4 Å². The maximum Gasteiger partial charge on any atom is 0.270 e. The fourth-order valence-corrected chi connectivity index (χ4v) is 13.5. The van der Waals surface area contributed by atoms with Gasteiger partial charge in [0, 0.05) is 30.8 Å². The molecule has 2 heterocycles. The van der Waals surface area contributed by atoms with Crippen LogP contribution in [0.25, 0.3) is 0 Å². The molecule has 0 bridgehead atoms. The van der Waals surface area contributed by atoms with Crippen LogP contribution in [-0.4, -0.2) is 233 Å². The van der Waals surface area contributed by atoms with Gasteiger partial charge >= 0.3 is 0 Å². The number of unbranched alkanes of at least 4 members (excludes halogenated alkanes) is 2. The molecule has 1 fully saturated rings. The van der Waals surface area contributed by atoms with Crippen LogP contribution in [0.3, 0.4) is 0 Å². The summed E-state index contributed by atoms with van der Waals surface area (Å²) in [7, 11) is 1.99. The molecule has 39 heteroatoms. The second-order valence-corrected chi connectivity index (χ2v) is 31.8. The summed E-state index contributed by atoms with van der Waals surface area (Å²) in [6, 6.07) is -12.1. The first-order chi connectivity index (χ1) is 51.4. The van der Waals surface area contributed by atoms with Crippen LogP contribution in [0.4, 0.5) is 0 Å². The molecule has 109 heavy (non-hydrogen) atoms. The van der Waals surface area contributed by atoms with Gasteiger partial charge in [0.15, 0.2) is 11.9 Å². The molecule has 2 rings (SSSR count). The van der Waals surface area contributed by atoms with Crippen molar-refractivity contribution in [2.75, 3.05) is 50.9 Å². The molecule has 616 valence electrons. The molecule has 12 unspecified atom stereocenters. The average molecular weight is 1580 g/mol. The third-order valence-electron chi connectivity index (χ3n) is 17.0. The number of aliphatic hydroxyl groups is 2. The molecule has 0 aromatic carbocycles. The monoisotopic (exact) mass is 1580 g/mol. The minimum Gasteiger partial charge on any atom is -0.394 e. The minimum atomic E-state index is -1.82. The van der Waals surface area contributed by atoms with Crippen molar-refractivity contribution >= 4 is 110 Å². The maximum absolute atomic E-state index is 14.8. The van der Waals surface area contributed by atoms with Crippen molar-refractivity contribution in [1.82, 2.24) is 84.7 Å². The molecule has 1 aromatic heterocycles. The molecule has 12 atom stereocenters. The van der Waals surface area contributed by atoms with Crippen molar-refractivity contribution in [1.29, 1.82) is 10.8 Å². The zero-order valence-electron chi connectivity index (χ0n) is 64.9. The first-order valence-electron chi connectivity index (χ1n) is 37.3. The molecule has 13 amide bonds. The molecular formula is C70H124N22O15S2. The summed E-state index contributed by atoms with van der Waals surface area (Å²) in [4.78, 5) is 191. The first-order valence-corrected chi connectivity index (χ1v) is 39.8. The number of carbonyl (C=O) groups excluding carboxylic acids is 13. The van der Waals surface area contributed by atoms with Gasteiger partial charge in [0.25, 0.3) is 5.91 Å². The predicted octanol–water partition coefficient (Wildman–Crippen LogP) is -3.22. The van der Waals surface area contributed by atoms with Crippen LogP contribution >= 0.6 is 21.6 Å². The molecule has 0 aliphatic carbocycles. The Labute approximate surface area is 647 Å². The Morgan fingerprint density at radius 1 is 0.514 bits per heavy atom. The first kappa shape index (κ1) is 96.4. The van der Waals surface area contributed by atoms with E-state index in [1.54, 1.807) is 67.5 Å². The molecule has 0 spiro atoms. The largest absolute Gasteiger partial charge is 0.394 e.